The molecule has 248 valence electrons. The van der Waals surface area contributed by atoms with E-state index >= 15 is 0 Å². The van der Waals surface area contributed by atoms with Crippen molar-refractivity contribution in [2.45, 2.75) is 46.5 Å². The van der Waals surface area contributed by atoms with Gasteiger partial charge in [0.1, 0.15) is 5.75 Å². The fourth-order valence-electron chi connectivity index (χ4n) is 5.17. The molecule has 0 aromatic heterocycles. The van der Waals surface area contributed by atoms with Crippen LogP contribution in [0.25, 0.3) is 11.1 Å². The third-order valence-electron chi connectivity index (χ3n) is 7.69. The number of nitrogens with one attached hydrogen (secondary N) is 2. The molecule has 2 amide bonds. The van der Waals surface area contributed by atoms with Crippen LogP contribution in [0.1, 0.15) is 66.6 Å². The molecule has 10 heteroatoms. The van der Waals surface area contributed by atoms with Crippen LogP contribution in [0.3, 0.4) is 0 Å². The Labute approximate surface area is 282 Å². The molecule has 3 N–H and O–H groups in total. The number of hydrogen-bond donors (Lipinski definition) is 3. The molecule has 0 heterocycles. The highest BCUT2D eigenvalue weighted by atomic mass is 35.5. The minimum absolute atomic E-state index is 0.00296. The number of ether oxygens (including phenoxy) is 1. The Morgan fingerprint density at radius 2 is 1.51 bits per heavy atom. The summed E-state index contributed by atoms with van der Waals surface area (Å²) in [7, 11) is -4.18. The fraction of sp³-hybridized carbons (Fsp3) is 0.297. The highest BCUT2D eigenvalue weighted by Gasteiger charge is 2.29. The summed E-state index contributed by atoms with van der Waals surface area (Å²) in [6.07, 6.45) is 0. The lowest BCUT2D eigenvalue weighted by Crippen LogP contribution is -2.29. The highest BCUT2D eigenvalue weighted by Crippen LogP contribution is 2.36. The normalized spacial score (nSPS) is 13.0. The molecule has 0 saturated heterocycles. The predicted molar refractivity (Wildman–Crippen MR) is 188 cm³/mol. The van der Waals surface area contributed by atoms with Gasteiger partial charge in [-0.1, -0.05) is 81.8 Å². The maximum Gasteiger partial charge on any atom is 0.266 e. The molecule has 8 nitrogen and oxygen atoms in total. The van der Waals surface area contributed by atoms with Gasteiger partial charge in [-0.05, 0) is 94.6 Å². The van der Waals surface area contributed by atoms with Crippen LogP contribution in [0, 0.1) is 12.3 Å². The first-order valence-corrected chi connectivity index (χ1v) is 17.3. The lowest BCUT2D eigenvalue weighted by Gasteiger charge is -2.25. The fourth-order valence-corrected chi connectivity index (χ4v) is 5.76. The second kappa shape index (κ2) is 15.2. The lowest BCUT2D eigenvalue weighted by atomic mass is 9.81. The van der Waals surface area contributed by atoms with Crippen molar-refractivity contribution < 1.29 is 27.3 Å². The quantitative estimate of drug-likeness (QED) is 0.131. The van der Waals surface area contributed by atoms with Gasteiger partial charge in [0.15, 0.2) is 0 Å². The van der Waals surface area contributed by atoms with Gasteiger partial charge >= 0.3 is 0 Å². The van der Waals surface area contributed by atoms with Crippen molar-refractivity contribution in [1.82, 2.24) is 5.32 Å². The molecule has 4 rings (SSSR count). The number of rotatable bonds is 12. The van der Waals surface area contributed by atoms with Crippen LogP contribution < -0.4 is 15.4 Å². The van der Waals surface area contributed by atoms with E-state index in [-0.39, 0.29) is 23.8 Å². The topological polar surface area (TPSA) is 122 Å². The summed E-state index contributed by atoms with van der Waals surface area (Å²) in [5.74, 6) is -1.39. The Bertz CT molecular complexity index is 1800. The minimum atomic E-state index is -4.18. The lowest BCUT2D eigenvalue weighted by molar-refractivity contribution is -0.118. The molecule has 0 bridgehead atoms. The largest absolute Gasteiger partial charge is 0.493 e. The van der Waals surface area contributed by atoms with Crippen LogP contribution in [-0.4, -0.2) is 43.7 Å². The number of carbonyl (C=O) groups excluding carboxylic acids is 2. The second-order valence-electron chi connectivity index (χ2n) is 12.9. The van der Waals surface area contributed by atoms with Gasteiger partial charge in [-0.15, -0.1) is 0 Å². The molecule has 0 aliphatic heterocycles. The summed E-state index contributed by atoms with van der Waals surface area (Å²) in [6, 6.07) is 27.8. The molecular formula is C37H41ClN2O6S. The van der Waals surface area contributed by atoms with Crippen molar-refractivity contribution in [3.8, 4) is 16.9 Å². The van der Waals surface area contributed by atoms with Crippen molar-refractivity contribution >= 4 is 39.2 Å². The number of aryl methyl sites for hydroxylation is 1. The molecule has 2 atom stereocenters. The van der Waals surface area contributed by atoms with E-state index in [9.17, 15) is 18.0 Å². The third-order valence-corrected chi connectivity index (χ3v) is 8.64. The molecule has 0 fully saturated rings. The zero-order valence-electron chi connectivity index (χ0n) is 27.2. The Morgan fingerprint density at radius 1 is 0.894 bits per heavy atom. The molecule has 2 unspecified atom stereocenters. The first kappa shape index (κ1) is 35.7. The zero-order valence-corrected chi connectivity index (χ0v) is 28.8. The van der Waals surface area contributed by atoms with E-state index in [4.69, 9.17) is 20.9 Å². The van der Waals surface area contributed by atoms with E-state index in [1.165, 1.54) is 0 Å². The van der Waals surface area contributed by atoms with Crippen LogP contribution in [-0.2, 0) is 14.9 Å². The van der Waals surface area contributed by atoms with Crippen LogP contribution in [0.2, 0.25) is 5.02 Å². The van der Waals surface area contributed by atoms with Gasteiger partial charge in [0.05, 0.1) is 18.3 Å². The molecule has 4 aromatic carbocycles. The summed E-state index contributed by atoms with van der Waals surface area (Å²) in [4.78, 5) is 26.5. The highest BCUT2D eigenvalue weighted by molar-refractivity contribution is 7.85. The molecule has 0 radical (unpaired) electrons. The maximum atomic E-state index is 14.0. The van der Waals surface area contributed by atoms with E-state index in [2.05, 4.69) is 31.4 Å². The van der Waals surface area contributed by atoms with E-state index in [1.807, 2.05) is 80.6 Å². The van der Waals surface area contributed by atoms with Crippen molar-refractivity contribution in [3.05, 3.63) is 118 Å². The van der Waals surface area contributed by atoms with Crippen LogP contribution in [0.15, 0.2) is 91.0 Å². The summed E-state index contributed by atoms with van der Waals surface area (Å²) in [5.41, 5.74) is 5.74. The van der Waals surface area contributed by atoms with Gasteiger partial charge in [0.25, 0.3) is 16.0 Å². The summed E-state index contributed by atoms with van der Waals surface area (Å²) < 4.78 is 36.8. The van der Waals surface area contributed by atoms with Crippen molar-refractivity contribution in [3.63, 3.8) is 0 Å². The van der Waals surface area contributed by atoms with Gasteiger partial charge in [0.2, 0.25) is 5.91 Å². The van der Waals surface area contributed by atoms with Crippen molar-refractivity contribution in [2.75, 3.05) is 24.2 Å². The first-order chi connectivity index (χ1) is 22.1. The molecule has 0 aliphatic carbocycles. The number of hydrogen-bond acceptors (Lipinski definition) is 5. The van der Waals surface area contributed by atoms with E-state index in [1.54, 1.807) is 24.3 Å². The van der Waals surface area contributed by atoms with Crippen molar-refractivity contribution in [1.29, 1.82) is 0 Å². The number of benzene rings is 4. The summed E-state index contributed by atoms with van der Waals surface area (Å²) in [6.45, 7) is 10.6. The Hall–Kier alpha value is -4.18. The third kappa shape index (κ3) is 10.4. The average Bonchev–Trinajstić information content (AvgIpc) is 3.00. The smallest absolute Gasteiger partial charge is 0.266 e. The number of anilines is 1. The second-order valence-corrected chi connectivity index (χ2v) is 14.9. The molecule has 4 aromatic rings. The number of carbonyl (C=O) groups is 2. The molecule has 0 saturated carbocycles. The predicted octanol–water partition coefficient (Wildman–Crippen LogP) is 7.88. The van der Waals surface area contributed by atoms with Crippen LogP contribution in [0.5, 0.6) is 5.75 Å². The Kier molecular flexibility index (Phi) is 11.5. The molecule has 47 heavy (non-hydrogen) atoms. The van der Waals surface area contributed by atoms with Gasteiger partial charge in [-0.2, -0.15) is 8.42 Å². The SMILES string of the molecule is Cc1cc(Cl)ccc1-c1ccc(NC(=O)C(c2ccc(OCC(C)(C)C)cc2)C(C)c2ccc(C(=O)NCCS(=O)(=O)O)cc2)cc1. The van der Waals surface area contributed by atoms with Gasteiger partial charge in [-0.25, -0.2) is 0 Å². The standard InChI is InChI=1S/C37H41ClN2O6S/c1-24-22-30(38)14-19-33(24)27-10-15-31(16-11-27)40-36(42)34(28-12-17-32(18-13-28)46-23-37(3,4)5)25(2)26-6-8-29(9-7-26)35(41)39-20-21-47(43,44)45/h6-19,22,25,34H,20-21,23H2,1-5H3,(H,39,41)(H,40,42)(H,43,44,45). The summed E-state index contributed by atoms with van der Waals surface area (Å²) in [5, 5.41) is 6.25. The van der Waals surface area contributed by atoms with Gasteiger partial charge < -0.3 is 15.4 Å². The van der Waals surface area contributed by atoms with Crippen molar-refractivity contribution in [2.24, 2.45) is 5.41 Å². The number of amides is 2. The first-order valence-electron chi connectivity index (χ1n) is 15.3. The Morgan fingerprint density at radius 3 is 2.09 bits per heavy atom. The minimum Gasteiger partial charge on any atom is -0.493 e. The van der Waals surface area contributed by atoms with Gasteiger partial charge in [-0.3, -0.25) is 14.1 Å². The molecule has 0 spiro atoms. The molecule has 0 aliphatic rings. The maximum absolute atomic E-state index is 14.0. The summed E-state index contributed by atoms with van der Waals surface area (Å²) >= 11 is 6.13. The van der Waals surface area contributed by atoms with Gasteiger partial charge in [0, 0.05) is 22.8 Å². The van der Waals surface area contributed by atoms with E-state index in [0.717, 1.165) is 27.8 Å². The van der Waals surface area contributed by atoms with E-state index in [0.29, 0.717) is 28.6 Å². The average molecular weight is 677 g/mol. The van der Waals surface area contributed by atoms with Crippen LogP contribution >= 0.6 is 11.6 Å². The Balaban J connectivity index is 1.56. The van der Waals surface area contributed by atoms with Crippen LogP contribution in [0.4, 0.5) is 5.69 Å². The number of halogens is 1. The van der Waals surface area contributed by atoms with E-state index < -0.39 is 27.7 Å². The molecular weight excluding hydrogens is 636 g/mol. The monoisotopic (exact) mass is 676 g/mol. The zero-order chi connectivity index (χ0) is 34.4.